The summed E-state index contributed by atoms with van der Waals surface area (Å²) in [6, 6.07) is 24.4. The Bertz CT molecular complexity index is 994. The van der Waals surface area contributed by atoms with Gasteiger partial charge in [-0.05, 0) is 30.7 Å². The predicted octanol–water partition coefficient (Wildman–Crippen LogP) is 4.77. The minimum Gasteiger partial charge on any atom is -0.368 e. The van der Waals surface area contributed by atoms with Crippen LogP contribution in [0.15, 0.2) is 78.9 Å². The van der Waals surface area contributed by atoms with Crippen molar-refractivity contribution in [1.82, 2.24) is 0 Å². The van der Waals surface area contributed by atoms with E-state index in [1.165, 1.54) is 0 Å². The molecule has 3 aromatic carbocycles. The summed E-state index contributed by atoms with van der Waals surface area (Å²) in [4.78, 5) is 26.4. The number of para-hydroxylation sites is 1. The molecule has 0 aliphatic carbocycles. The van der Waals surface area contributed by atoms with Crippen LogP contribution in [0, 0.1) is 6.92 Å². The molecule has 3 aromatic rings. The second kappa shape index (κ2) is 6.26. The number of anilines is 1. The second-order valence-electron chi connectivity index (χ2n) is 6.74. The standard InChI is InChI=1S/C23H19NO2/c1-16-8-7-9-17(14-16)21(25)15-23(18-10-3-2-4-11-18)22(26)19-12-5-6-13-20(19)24-23/h2-14,24H,15H2,1H3. The molecule has 3 heteroatoms. The van der Waals surface area contributed by atoms with Gasteiger partial charge in [0.25, 0.3) is 0 Å². The highest BCUT2D eigenvalue weighted by molar-refractivity contribution is 6.16. The van der Waals surface area contributed by atoms with Gasteiger partial charge >= 0.3 is 0 Å². The Hall–Kier alpha value is -3.20. The molecular formula is C23H19NO2. The Morgan fingerprint density at radius 3 is 2.38 bits per heavy atom. The van der Waals surface area contributed by atoms with Crippen LogP contribution < -0.4 is 5.32 Å². The zero-order valence-corrected chi connectivity index (χ0v) is 14.5. The van der Waals surface area contributed by atoms with Gasteiger partial charge in [0.1, 0.15) is 5.54 Å². The zero-order valence-electron chi connectivity index (χ0n) is 14.5. The van der Waals surface area contributed by atoms with E-state index in [1.54, 1.807) is 6.07 Å². The van der Waals surface area contributed by atoms with Crippen LogP contribution in [0.25, 0.3) is 0 Å². The first-order valence-corrected chi connectivity index (χ1v) is 8.67. The van der Waals surface area contributed by atoms with Gasteiger partial charge in [0.05, 0.1) is 0 Å². The van der Waals surface area contributed by atoms with E-state index in [1.807, 2.05) is 79.7 Å². The summed E-state index contributed by atoms with van der Waals surface area (Å²) in [5.41, 5.74) is 2.81. The van der Waals surface area contributed by atoms with Gasteiger partial charge < -0.3 is 5.32 Å². The molecule has 0 aromatic heterocycles. The third kappa shape index (κ3) is 2.62. The van der Waals surface area contributed by atoms with Crippen LogP contribution >= 0.6 is 0 Å². The molecule has 1 heterocycles. The molecule has 1 aliphatic heterocycles. The van der Waals surface area contributed by atoms with Crippen molar-refractivity contribution in [1.29, 1.82) is 0 Å². The van der Waals surface area contributed by atoms with Crippen molar-refractivity contribution in [2.75, 3.05) is 5.32 Å². The molecule has 3 nitrogen and oxygen atoms in total. The van der Waals surface area contributed by atoms with Crippen molar-refractivity contribution in [3.8, 4) is 0 Å². The Morgan fingerprint density at radius 2 is 1.65 bits per heavy atom. The number of hydrogen-bond acceptors (Lipinski definition) is 3. The van der Waals surface area contributed by atoms with Gasteiger partial charge in [-0.15, -0.1) is 0 Å². The van der Waals surface area contributed by atoms with Crippen molar-refractivity contribution >= 4 is 17.3 Å². The predicted molar refractivity (Wildman–Crippen MR) is 103 cm³/mol. The van der Waals surface area contributed by atoms with E-state index >= 15 is 0 Å². The number of carbonyl (C=O) groups excluding carboxylic acids is 2. The maximum absolute atomic E-state index is 13.3. The fourth-order valence-corrected chi connectivity index (χ4v) is 3.62. The maximum atomic E-state index is 13.3. The summed E-state index contributed by atoms with van der Waals surface area (Å²) in [5, 5.41) is 3.36. The van der Waals surface area contributed by atoms with Gasteiger partial charge in [0.15, 0.2) is 11.6 Å². The molecule has 0 amide bonds. The number of benzene rings is 3. The third-order valence-electron chi connectivity index (χ3n) is 4.94. The van der Waals surface area contributed by atoms with Crippen molar-refractivity contribution in [3.63, 3.8) is 0 Å². The first-order chi connectivity index (χ1) is 12.6. The van der Waals surface area contributed by atoms with Crippen LogP contribution in [0.3, 0.4) is 0 Å². The summed E-state index contributed by atoms with van der Waals surface area (Å²) in [6.45, 7) is 1.96. The number of ketones is 2. The lowest BCUT2D eigenvalue weighted by molar-refractivity contribution is 0.0846. The molecule has 26 heavy (non-hydrogen) atoms. The second-order valence-corrected chi connectivity index (χ2v) is 6.74. The van der Waals surface area contributed by atoms with Crippen molar-refractivity contribution in [2.45, 2.75) is 18.9 Å². The van der Waals surface area contributed by atoms with Gasteiger partial charge in [-0.2, -0.15) is 0 Å². The lowest BCUT2D eigenvalue weighted by Crippen LogP contribution is -2.40. The number of hydrogen-bond donors (Lipinski definition) is 1. The molecule has 1 aliphatic rings. The molecule has 128 valence electrons. The van der Waals surface area contributed by atoms with E-state index in [-0.39, 0.29) is 18.0 Å². The Balaban J connectivity index is 1.79. The van der Waals surface area contributed by atoms with E-state index < -0.39 is 5.54 Å². The largest absolute Gasteiger partial charge is 0.368 e. The van der Waals surface area contributed by atoms with Crippen LogP contribution in [-0.2, 0) is 5.54 Å². The highest BCUT2D eigenvalue weighted by Gasteiger charge is 2.47. The fraction of sp³-hybridized carbons (Fsp3) is 0.130. The Labute approximate surface area is 152 Å². The number of aryl methyl sites for hydroxylation is 1. The molecule has 0 fully saturated rings. The third-order valence-corrected chi connectivity index (χ3v) is 4.94. The molecule has 4 rings (SSSR count). The quantitative estimate of drug-likeness (QED) is 0.695. The topological polar surface area (TPSA) is 46.2 Å². The molecule has 0 saturated carbocycles. The molecule has 0 bridgehead atoms. The van der Waals surface area contributed by atoms with Crippen LogP contribution in [0.4, 0.5) is 5.69 Å². The zero-order chi connectivity index (χ0) is 18.1. The monoisotopic (exact) mass is 341 g/mol. The van der Waals surface area contributed by atoms with Gasteiger partial charge in [-0.1, -0.05) is 66.2 Å². The van der Waals surface area contributed by atoms with E-state index in [4.69, 9.17) is 0 Å². The van der Waals surface area contributed by atoms with E-state index in [0.717, 1.165) is 16.8 Å². The molecule has 0 radical (unpaired) electrons. The van der Waals surface area contributed by atoms with Crippen molar-refractivity contribution < 1.29 is 9.59 Å². The summed E-state index contributed by atoms with van der Waals surface area (Å²) in [6.07, 6.45) is 0.0774. The van der Waals surface area contributed by atoms with E-state index in [2.05, 4.69) is 5.32 Å². The van der Waals surface area contributed by atoms with Crippen LogP contribution in [0.1, 0.15) is 38.3 Å². The van der Waals surface area contributed by atoms with Crippen molar-refractivity contribution in [3.05, 3.63) is 101 Å². The first-order valence-electron chi connectivity index (χ1n) is 8.67. The highest BCUT2D eigenvalue weighted by Crippen LogP contribution is 2.42. The summed E-state index contributed by atoms with van der Waals surface area (Å²) in [7, 11) is 0. The van der Waals surface area contributed by atoms with E-state index in [0.29, 0.717) is 11.1 Å². The van der Waals surface area contributed by atoms with Crippen molar-refractivity contribution in [2.24, 2.45) is 0 Å². The van der Waals surface area contributed by atoms with Crippen LogP contribution in [-0.4, -0.2) is 11.6 Å². The lowest BCUT2D eigenvalue weighted by atomic mass is 9.80. The number of Topliss-reactive ketones (excluding diaryl/α,β-unsaturated/α-hetero) is 2. The highest BCUT2D eigenvalue weighted by atomic mass is 16.1. The molecule has 0 spiro atoms. The fourth-order valence-electron chi connectivity index (χ4n) is 3.62. The lowest BCUT2D eigenvalue weighted by Gasteiger charge is -2.28. The van der Waals surface area contributed by atoms with Gasteiger partial charge in [-0.3, -0.25) is 9.59 Å². The van der Waals surface area contributed by atoms with Crippen LogP contribution in [0.5, 0.6) is 0 Å². The van der Waals surface area contributed by atoms with Crippen LogP contribution in [0.2, 0.25) is 0 Å². The number of rotatable bonds is 4. The summed E-state index contributed by atoms with van der Waals surface area (Å²) < 4.78 is 0. The summed E-state index contributed by atoms with van der Waals surface area (Å²) >= 11 is 0. The first kappa shape index (κ1) is 16.3. The maximum Gasteiger partial charge on any atom is 0.195 e. The van der Waals surface area contributed by atoms with Gasteiger partial charge in [-0.25, -0.2) is 0 Å². The number of carbonyl (C=O) groups is 2. The molecule has 0 saturated heterocycles. The minimum atomic E-state index is -1.06. The van der Waals surface area contributed by atoms with Gasteiger partial charge in [0, 0.05) is 23.2 Å². The average Bonchev–Trinajstić information content (AvgIpc) is 2.96. The number of fused-ring (bicyclic) bond motifs is 1. The molecule has 1 unspecified atom stereocenters. The Kier molecular flexibility index (Phi) is 3.92. The normalized spacial score (nSPS) is 18.3. The summed E-state index contributed by atoms with van der Waals surface area (Å²) in [5.74, 6) is -0.105. The van der Waals surface area contributed by atoms with E-state index in [9.17, 15) is 9.59 Å². The smallest absolute Gasteiger partial charge is 0.195 e. The van der Waals surface area contributed by atoms with Gasteiger partial charge in [0.2, 0.25) is 0 Å². The Morgan fingerprint density at radius 1 is 0.923 bits per heavy atom. The molecule has 1 N–H and O–H groups in total. The number of nitrogens with one attached hydrogen (secondary N) is 1. The molecule has 1 atom stereocenters. The molecular weight excluding hydrogens is 322 g/mol. The SMILES string of the molecule is Cc1cccc(C(=O)CC2(c3ccccc3)Nc3ccccc3C2=O)c1. The average molecular weight is 341 g/mol. The minimum absolute atomic E-state index is 0.0498.